The SMILES string of the molecule is O=C(O)C[C@@]1(C(=O)O)CCCN1C(=O)[C@@H](Cc1cccc(S(=O)[O-])c1)Nc1ccccn1. The molecule has 1 aromatic carbocycles. The van der Waals surface area contributed by atoms with Crippen molar-refractivity contribution in [3.63, 3.8) is 0 Å². The molecular weight excluding hydrogens is 438 g/mol. The maximum absolute atomic E-state index is 13.5. The van der Waals surface area contributed by atoms with Crippen LogP contribution in [0, 0.1) is 0 Å². The first-order valence-electron chi connectivity index (χ1n) is 9.85. The summed E-state index contributed by atoms with van der Waals surface area (Å²) >= 11 is -2.45. The van der Waals surface area contributed by atoms with E-state index in [0.717, 1.165) is 4.90 Å². The highest BCUT2D eigenvalue weighted by Gasteiger charge is 2.52. The van der Waals surface area contributed by atoms with Crippen LogP contribution in [0.25, 0.3) is 0 Å². The zero-order chi connectivity index (χ0) is 23.3. The average molecular weight is 460 g/mol. The van der Waals surface area contributed by atoms with Crippen LogP contribution in [-0.2, 0) is 31.9 Å². The molecule has 1 amide bonds. The van der Waals surface area contributed by atoms with Gasteiger partial charge >= 0.3 is 11.9 Å². The molecule has 0 saturated carbocycles. The molecule has 1 aromatic heterocycles. The van der Waals surface area contributed by atoms with Crippen molar-refractivity contribution in [2.45, 2.75) is 42.2 Å². The molecule has 32 heavy (non-hydrogen) atoms. The fourth-order valence-corrected chi connectivity index (χ4v) is 4.40. The summed E-state index contributed by atoms with van der Waals surface area (Å²) in [7, 11) is 0. The van der Waals surface area contributed by atoms with Crippen LogP contribution in [0.15, 0.2) is 53.6 Å². The molecule has 11 heteroatoms. The standard InChI is InChI=1S/C21H23N3O7S/c25-18(26)13-21(20(28)29)8-4-10-24(21)19(27)16(23-17-7-1-2-9-22-17)12-14-5-3-6-15(11-14)32(30)31/h1-3,5-7,9,11,16H,4,8,10,12-13H2,(H,22,23)(H,25,26)(H,28,29)(H,30,31)/p-1/t16-,21-/m1/s1. The van der Waals surface area contributed by atoms with E-state index in [2.05, 4.69) is 10.3 Å². The van der Waals surface area contributed by atoms with Crippen molar-refractivity contribution in [1.29, 1.82) is 0 Å². The lowest BCUT2D eigenvalue weighted by Gasteiger charge is -2.36. The Kier molecular flexibility index (Phi) is 7.21. The quantitative estimate of drug-likeness (QED) is 0.468. The van der Waals surface area contributed by atoms with Crippen molar-refractivity contribution in [1.82, 2.24) is 9.88 Å². The number of rotatable bonds is 9. The average Bonchev–Trinajstić information content (AvgIpc) is 3.18. The van der Waals surface area contributed by atoms with E-state index >= 15 is 0 Å². The van der Waals surface area contributed by atoms with Gasteiger partial charge in [-0.2, -0.15) is 0 Å². The second-order valence-electron chi connectivity index (χ2n) is 7.50. The van der Waals surface area contributed by atoms with Crippen molar-refractivity contribution in [2.75, 3.05) is 11.9 Å². The number of carbonyl (C=O) groups is 3. The van der Waals surface area contributed by atoms with Crippen LogP contribution in [-0.4, -0.2) is 64.8 Å². The smallest absolute Gasteiger partial charge is 0.330 e. The predicted octanol–water partition coefficient (Wildman–Crippen LogP) is 1.26. The summed E-state index contributed by atoms with van der Waals surface area (Å²) in [6.07, 6.45) is 1.23. The highest BCUT2D eigenvalue weighted by atomic mass is 32.2. The summed E-state index contributed by atoms with van der Waals surface area (Å²) in [5.74, 6) is -2.91. The molecule has 170 valence electrons. The molecule has 0 spiro atoms. The maximum atomic E-state index is 13.5. The van der Waals surface area contributed by atoms with Crippen molar-refractivity contribution in [3.8, 4) is 0 Å². The van der Waals surface area contributed by atoms with E-state index in [-0.39, 0.29) is 24.3 Å². The van der Waals surface area contributed by atoms with Crippen LogP contribution in [0.4, 0.5) is 5.82 Å². The van der Waals surface area contributed by atoms with Gasteiger partial charge in [0, 0.05) is 24.1 Å². The number of carbonyl (C=O) groups excluding carboxylic acids is 1. The Labute approximate surface area is 186 Å². The van der Waals surface area contributed by atoms with E-state index in [1.807, 2.05) is 0 Å². The number of hydrogen-bond donors (Lipinski definition) is 3. The second-order valence-corrected chi connectivity index (χ2v) is 8.44. The summed E-state index contributed by atoms with van der Waals surface area (Å²) in [6.45, 7) is 0.101. The molecule has 2 heterocycles. The molecule has 1 saturated heterocycles. The largest absolute Gasteiger partial charge is 0.768 e. The summed E-state index contributed by atoms with van der Waals surface area (Å²) in [5.41, 5.74) is -1.31. The van der Waals surface area contributed by atoms with E-state index < -0.39 is 46.9 Å². The van der Waals surface area contributed by atoms with E-state index in [9.17, 15) is 33.4 Å². The lowest BCUT2D eigenvalue weighted by Crippen LogP contribution is -2.58. The van der Waals surface area contributed by atoms with Crippen molar-refractivity contribution < 1.29 is 33.4 Å². The zero-order valence-electron chi connectivity index (χ0n) is 17.0. The number of aromatic nitrogens is 1. The number of benzene rings is 1. The molecule has 2 aromatic rings. The van der Waals surface area contributed by atoms with Crippen molar-refractivity contribution >= 4 is 34.7 Å². The molecule has 1 aliphatic rings. The van der Waals surface area contributed by atoms with Crippen LogP contribution in [0.1, 0.15) is 24.8 Å². The van der Waals surface area contributed by atoms with Gasteiger partial charge in [-0.3, -0.25) is 13.8 Å². The number of anilines is 1. The molecule has 0 aliphatic carbocycles. The molecular formula is C21H22N3O7S-. The maximum Gasteiger partial charge on any atom is 0.330 e. The summed E-state index contributed by atoms with van der Waals surface area (Å²) < 4.78 is 22.6. The second kappa shape index (κ2) is 9.88. The molecule has 3 N–H and O–H groups in total. The van der Waals surface area contributed by atoms with Crippen LogP contribution >= 0.6 is 0 Å². The number of nitrogens with zero attached hydrogens (tertiary/aromatic N) is 2. The highest BCUT2D eigenvalue weighted by Crippen LogP contribution is 2.34. The Hall–Kier alpha value is -3.31. The lowest BCUT2D eigenvalue weighted by molar-refractivity contribution is -0.161. The number of carboxylic acid groups (broad SMARTS) is 2. The fourth-order valence-electron chi connectivity index (χ4n) is 3.96. The van der Waals surface area contributed by atoms with Crippen LogP contribution in [0.3, 0.4) is 0 Å². The summed E-state index contributed by atoms with van der Waals surface area (Å²) in [5, 5.41) is 22.1. The molecule has 10 nitrogen and oxygen atoms in total. The van der Waals surface area contributed by atoms with E-state index in [1.165, 1.54) is 18.3 Å². The van der Waals surface area contributed by atoms with Gasteiger partial charge in [-0.25, -0.2) is 9.78 Å². The first-order valence-corrected chi connectivity index (χ1v) is 10.9. The van der Waals surface area contributed by atoms with Crippen LogP contribution < -0.4 is 5.32 Å². The number of likely N-dealkylation sites (tertiary alicyclic amines) is 1. The fraction of sp³-hybridized carbons (Fsp3) is 0.333. The normalized spacial score (nSPS) is 19.8. The third kappa shape index (κ3) is 5.11. The lowest BCUT2D eigenvalue weighted by atomic mass is 9.91. The van der Waals surface area contributed by atoms with Gasteiger partial charge in [0.25, 0.3) is 0 Å². The van der Waals surface area contributed by atoms with E-state index in [4.69, 9.17) is 0 Å². The molecule has 1 fully saturated rings. The van der Waals surface area contributed by atoms with Gasteiger partial charge in [0.05, 0.1) is 6.42 Å². The number of amides is 1. The van der Waals surface area contributed by atoms with Gasteiger partial charge in [-0.1, -0.05) is 18.2 Å². The molecule has 1 aliphatic heterocycles. The first kappa shape index (κ1) is 23.4. The first-order chi connectivity index (χ1) is 15.2. The van der Waals surface area contributed by atoms with Gasteiger partial charge in [0.2, 0.25) is 5.91 Å². The minimum absolute atomic E-state index is 0.0291. The number of aliphatic carboxylic acids is 2. The Bertz CT molecular complexity index is 1030. The molecule has 0 radical (unpaired) electrons. The van der Waals surface area contributed by atoms with Crippen molar-refractivity contribution in [2.24, 2.45) is 0 Å². The number of nitrogens with one attached hydrogen (secondary N) is 1. The van der Waals surface area contributed by atoms with E-state index in [1.54, 1.807) is 30.3 Å². The predicted molar refractivity (Wildman–Crippen MR) is 113 cm³/mol. The zero-order valence-corrected chi connectivity index (χ0v) is 17.8. The number of pyridine rings is 1. The molecule has 1 unspecified atom stereocenters. The minimum atomic E-state index is -2.45. The van der Waals surface area contributed by atoms with Gasteiger partial charge in [0.1, 0.15) is 11.9 Å². The van der Waals surface area contributed by atoms with Crippen molar-refractivity contribution in [3.05, 3.63) is 54.2 Å². The van der Waals surface area contributed by atoms with Crippen LogP contribution in [0.5, 0.6) is 0 Å². The Balaban J connectivity index is 1.95. The van der Waals surface area contributed by atoms with Crippen LogP contribution in [0.2, 0.25) is 0 Å². The number of carboxylic acids is 2. The Morgan fingerprint density at radius 3 is 2.62 bits per heavy atom. The highest BCUT2D eigenvalue weighted by molar-refractivity contribution is 7.79. The van der Waals surface area contributed by atoms with Gasteiger partial charge < -0.3 is 25.0 Å². The van der Waals surface area contributed by atoms with Gasteiger partial charge in [-0.15, -0.1) is 0 Å². The third-order valence-corrected chi connectivity index (χ3v) is 6.05. The molecule has 3 rings (SSSR count). The summed E-state index contributed by atoms with van der Waals surface area (Å²) in [4.78, 5) is 42.3. The van der Waals surface area contributed by atoms with E-state index in [0.29, 0.717) is 17.8 Å². The topological polar surface area (TPSA) is 160 Å². The number of hydrogen-bond acceptors (Lipinski definition) is 7. The third-order valence-electron chi connectivity index (χ3n) is 5.41. The molecule has 0 bridgehead atoms. The monoisotopic (exact) mass is 460 g/mol. The summed E-state index contributed by atoms with van der Waals surface area (Å²) in [6, 6.07) is 10.1. The van der Waals surface area contributed by atoms with Gasteiger partial charge in [-0.05, 0) is 53.8 Å². The van der Waals surface area contributed by atoms with Gasteiger partial charge in [0.15, 0.2) is 5.54 Å². The minimum Gasteiger partial charge on any atom is -0.768 e. The Morgan fingerprint density at radius 2 is 2.00 bits per heavy atom. The Morgan fingerprint density at radius 1 is 1.22 bits per heavy atom. The molecule has 3 atom stereocenters.